The molecule has 1 heterocycles. The lowest BCUT2D eigenvalue weighted by Gasteiger charge is -2.09. The maximum absolute atomic E-state index is 13.6. The molecule has 0 unspecified atom stereocenters. The van der Waals surface area contributed by atoms with Crippen LogP contribution in [0.2, 0.25) is 0 Å². The fourth-order valence-corrected chi connectivity index (χ4v) is 2.74. The molecule has 1 aromatic heterocycles. The predicted octanol–water partition coefficient (Wildman–Crippen LogP) is 4.20. The van der Waals surface area contributed by atoms with E-state index in [0.29, 0.717) is 6.42 Å². The first-order valence-corrected chi connectivity index (χ1v) is 8.07. The summed E-state index contributed by atoms with van der Waals surface area (Å²) in [5.41, 5.74) is 1.17. The van der Waals surface area contributed by atoms with Gasteiger partial charge in [0.15, 0.2) is 17.4 Å². The van der Waals surface area contributed by atoms with E-state index in [-0.39, 0.29) is 18.6 Å². The summed E-state index contributed by atoms with van der Waals surface area (Å²) in [6, 6.07) is 9.96. The van der Waals surface area contributed by atoms with Crippen LogP contribution in [0.25, 0.3) is 10.8 Å². The van der Waals surface area contributed by atoms with Crippen LogP contribution in [-0.4, -0.2) is 18.1 Å². The van der Waals surface area contributed by atoms with Crippen LogP contribution in [0.5, 0.6) is 5.75 Å². The second kappa shape index (κ2) is 7.91. The highest BCUT2D eigenvalue weighted by atomic mass is 19.1. The molecule has 0 bridgehead atoms. The van der Waals surface area contributed by atoms with Gasteiger partial charge in [0.05, 0.1) is 7.11 Å². The summed E-state index contributed by atoms with van der Waals surface area (Å²) >= 11 is 0. The maximum atomic E-state index is 13.6. The van der Waals surface area contributed by atoms with Gasteiger partial charge in [0.25, 0.3) is 0 Å². The number of hydrogen-bond acceptors (Lipinski definition) is 4. The Labute approximate surface area is 149 Å². The SMILES string of the molecule is COc1c(F)cc(COC(=O)CCc2cncc3ccccc23)cc1F. The molecule has 0 fully saturated rings. The number of ether oxygens (including phenoxy) is 2. The number of aryl methyl sites for hydroxylation is 1. The van der Waals surface area contributed by atoms with Crippen LogP contribution in [0.4, 0.5) is 8.78 Å². The molecule has 3 rings (SSSR count). The first kappa shape index (κ1) is 17.8. The Morgan fingerprint density at radius 2 is 1.85 bits per heavy atom. The van der Waals surface area contributed by atoms with Gasteiger partial charge in [-0.25, -0.2) is 8.78 Å². The molecule has 0 aliphatic carbocycles. The molecular formula is C20H17F2NO3. The molecule has 2 aromatic carbocycles. The van der Waals surface area contributed by atoms with Crippen molar-refractivity contribution >= 4 is 16.7 Å². The van der Waals surface area contributed by atoms with E-state index in [1.54, 1.807) is 12.4 Å². The summed E-state index contributed by atoms with van der Waals surface area (Å²) in [4.78, 5) is 16.1. The van der Waals surface area contributed by atoms with Crippen LogP contribution in [0, 0.1) is 11.6 Å². The highest BCUT2D eigenvalue weighted by molar-refractivity contribution is 5.85. The second-order valence-electron chi connectivity index (χ2n) is 5.77. The average molecular weight is 357 g/mol. The normalized spacial score (nSPS) is 10.7. The van der Waals surface area contributed by atoms with Gasteiger partial charge in [0.2, 0.25) is 0 Å². The first-order chi connectivity index (χ1) is 12.6. The van der Waals surface area contributed by atoms with Crippen molar-refractivity contribution in [1.29, 1.82) is 0 Å². The van der Waals surface area contributed by atoms with E-state index in [2.05, 4.69) is 9.72 Å². The van der Waals surface area contributed by atoms with E-state index in [1.165, 1.54) is 7.11 Å². The Kier molecular flexibility index (Phi) is 5.41. The van der Waals surface area contributed by atoms with Crippen molar-refractivity contribution < 1.29 is 23.0 Å². The molecule has 3 aromatic rings. The van der Waals surface area contributed by atoms with Gasteiger partial charge in [-0.1, -0.05) is 24.3 Å². The molecule has 26 heavy (non-hydrogen) atoms. The van der Waals surface area contributed by atoms with Crippen LogP contribution < -0.4 is 4.74 Å². The van der Waals surface area contributed by atoms with Crippen LogP contribution in [0.1, 0.15) is 17.5 Å². The second-order valence-corrected chi connectivity index (χ2v) is 5.77. The summed E-state index contributed by atoms with van der Waals surface area (Å²) in [7, 11) is 1.18. The van der Waals surface area contributed by atoms with Crippen molar-refractivity contribution in [3.05, 3.63) is 71.6 Å². The van der Waals surface area contributed by atoms with Crippen molar-refractivity contribution in [2.45, 2.75) is 19.4 Å². The lowest BCUT2D eigenvalue weighted by molar-refractivity contribution is -0.144. The molecule has 0 aliphatic rings. The molecule has 134 valence electrons. The van der Waals surface area contributed by atoms with E-state index < -0.39 is 23.4 Å². The molecule has 0 aliphatic heterocycles. The summed E-state index contributed by atoms with van der Waals surface area (Å²) < 4.78 is 37.0. The van der Waals surface area contributed by atoms with Crippen LogP contribution in [-0.2, 0) is 22.6 Å². The van der Waals surface area contributed by atoms with E-state index in [1.807, 2.05) is 24.3 Å². The number of carbonyl (C=O) groups excluding carboxylic acids is 1. The highest BCUT2D eigenvalue weighted by Crippen LogP contribution is 2.23. The third kappa shape index (κ3) is 3.96. The largest absolute Gasteiger partial charge is 0.491 e. The number of halogens is 2. The Morgan fingerprint density at radius 3 is 2.58 bits per heavy atom. The number of rotatable bonds is 6. The minimum absolute atomic E-state index is 0.150. The maximum Gasteiger partial charge on any atom is 0.306 e. The Morgan fingerprint density at radius 1 is 1.12 bits per heavy atom. The van der Waals surface area contributed by atoms with Crippen molar-refractivity contribution in [3.8, 4) is 5.75 Å². The Balaban J connectivity index is 1.59. The van der Waals surface area contributed by atoms with Gasteiger partial charge in [-0.05, 0) is 35.1 Å². The number of fused-ring (bicyclic) bond motifs is 1. The highest BCUT2D eigenvalue weighted by Gasteiger charge is 2.13. The molecule has 4 nitrogen and oxygen atoms in total. The lowest BCUT2D eigenvalue weighted by atomic mass is 10.0. The zero-order chi connectivity index (χ0) is 18.5. The minimum Gasteiger partial charge on any atom is -0.491 e. The van der Waals surface area contributed by atoms with Gasteiger partial charge in [-0.2, -0.15) is 0 Å². The van der Waals surface area contributed by atoms with Gasteiger partial charge in [-0.3, -0.25) is 9.78 Å². The quantitative estimate of drug-likeness (QED) is 0.621. The van der Waals surface area contributed by atoms with Crippen molar-refractivity contribution in [2.75, 3.05) is 7.11 Å². The molecule has 0 amide bonds. The van der Waals surface area contributed by atoms with Gasteiger partial charge in [0.1, 0.15) is 6.61 Å². The number of carbonyl (C=O) groups is 1. The number of benzene rings is 2. The third-order valence-corrected chi connectivity index (χ3v) is 4.01. The van der Waals surface area contributed by atoms with Crippen molar-refractivity contribution in [1.82, 2.24) is 4.98 Å². The number of nitrogens with zero attached hydrogens (tertiary/aromatic N) is 1. The lowest BCUT2D eigenvalue weighted by Crippen LogP contribution is -2.07. The first-order valence-electron chi connectivity index (χ1n) is 8.07. The smallest absolute Gasteiger partial charge is 0.306 e. The molecular weight excluding hydrogens is 340 g/mol. The number of pyridine rings is 1. The van der Waals surface area contributed by atoms with E-state index in [0.717, 1.165) is 28.5 Å². The van der Waals surface area contributed by atoms with Crippen LogP contribution >= 0.6 is 0 Å². The fraction of sp³-hybridized carbons (Fsp3) is 0.200. The standard InChI is InChI=1S/C20H17F2NO3/c1-25-20-17(21)8-13(9-18(20)22)12-26-19(24)7-6-15-11-23-10-14-4-2-3-5-16(14)15/h2-5,8-11H,6-7,12H2,1H3. The zero-order valence-corrected chi connectivity index (χ0v) is 14.2. The van der Waals surface area contributed by atoms with Crippen molar-refractivity contribution in [2.24, 2.45) is 0 Å². The van der Waals surface area contributed by atoms with Gasteiger partial charge in [0, 0.05) is 24.2 Å². The van der Waals surface area contributed by atoms with E-state index in [9.17, 15) is 13.6 Å². The summed E-state index contributed by atoms with van der Waals surface area (Å²) in [6.07, 6.45) is 4.11. The van der Waals surface area contributed by atoms with Crippen LogP contribution in [0.15, 0.2) is 48.8 Å². The van der Waals surface area contributed by atoms with Gasteiger partial charge in [-0.15, -0.1) is 0 Å². The Bertz CT molecular complexity index is 915. The zero-order valence-electron chi connectivity index (χ0n) is 14.2. The molecule has 0 radical (unpaired) electrons. The molecule has 0 saturated heterocycles. The number of esters is 1. The number of aromatic nitrogens is 1. The van der Waals surface area contributed by atoms with Crippen molar-refractivity contribution in [3.63, 3.8) is 0 Å². The summed E-state index contributed by atoms with van der Waals surface area (Å²) in [5.74, 6) is -2.57. The van der Waals surface area contributed by atoms with E-state index in [4.69, 9.17) is 4.74 Å². The minimum atomic E-state index is -0.833. The van der Waals surface area contributed by atoms with Crippen LogP contribution in [0.3, 0.4) is 0 Å². The third-order valence-electron chi connectivity index (χ3n) is 4.01. The topological polar surface area (TPSA) is 48.4 Å². The van der Waals surface area contributed by atoms with E-state index >= 15 is 0 Å². The van der Waals surface area contributed by atoms with Gasteiger partial charge < -0.3 is 9.47 Å². The predicted molar refractivity (Wildman–Crippen MR) is 92.8 cm³/mol. The number of methoxy groups -OCH3 is 1. The molecule has 0 spiro atoms. The monoisotopic (exact) mass is 357 g/mol. The average Bonchev–Trinajstić information content (AvgIpc) is 2.64. The summed E-state index contributed by atoms with van der Waals surface area (Å²) in [6.45, 7) is -0.204. The number of hydrogen-bond donors (Lipinski definition) is 0. The molecule has 0 saturated carbocycles. The fourth-order valence-electron chi connectivity index (χ4n) is 2.74. The molecule has 0 N–H and O–H groups in total. The molecule has 0 atom stereocenters. The van der Waals surface area contributed by atoms with Gasteiger partial charge >= 0.3 is 5.97 Å². The Hall–Kier alpha value is -3.02. The molecule has 6 heteroatoms. The summed E-state index contributed by atoms with van der Waals surface area (Å²) in [5, 5.41) is 2.04.